The normalized spacial score (nSPS) is 21.0. The van der Waals surface area contributed by atoms with Crippen LogP contribution < -0.4 is 5.32 Å². The summed E-state index contributed by atoms with van der Waals surface area (Å²) in [4.78, 5) is 38.4. The van der Waals surface area contributed by atoms with E-state index in [-0.39, 0.29) is 22.5 Å². The third-order valence-electron chi connectivity index (χ3n) is 5.29. The molecule has 3 rings (SSSR count). The van der Waals surface area contributed by atoms with Gasteiger partial charge in [0.2, 0.25) is 5.91 Å². The molecule has 2 aliphatic rings. The first kappa shape index (κ1) is 19.7. The van der Waals surface area contributed by atoms with Crippen molar-refractivity contribution in [2.24, 2.45) is 5.41 Å². The van der Waals surface area contributed by atoms with Crippen LogP contribution in [-0.4, -0.2) is 28.5 Å². The van der Waals surface area contributed by atoms with Crippen molar-refractivity contribution in [1.29, 1.82) is 0 Å². The molecule has 1 aliphatic carbocycles. The quantitative estimate of drug-likeness (QED) is 0.720. The van der Waals surface area contributed by atoms with Gasteiger partial charge in [-0.15, -0.1) is 0 Å². The summed E-state index contributed by atoms with van der Waals surface area (Å²) in [5.74, 6) is -0.236. The Morgan fingerprint density at radius 2 is 1.85 bits per heavy atom. The molecule has 1 aliphatic heterocycles. The highest BCUT2D eigenvalue weighted by molar-refractivity contribution is 8.18. The Balaban J connectivity index is 1.69. The Labute approximate surface area is 164 Å². The van der Waals surface area contributed by atoms with E-state index in [4.69, 9.17) is 0 Å². The molecule has 1 saturated heterocycles. The highest BCUT2D eigenvalue weighted by Crippen LogP contribution is 2.40. The molecular weight excluding hydrogens is 360 g/mol. The fourth-order valence-corrected chi connectivity index (χ4v) is 4.48. The maximum atomic E-state index is 12.7. The van der Waals surface area contributed by atoms with E-state index in [1.165, 1.54) is 24.2 Å². The maximum absolute atomic E-state index is 12.7. The van der Waals surface area contributed by atoms with Gasteiger partial charge in [0.1, 0.15) is 0 Å². The van der Waals surface area contributed by atoms with Gasteiger partial charge in [0.15, 0.2) is 0 Å². The number of carbonyl (C=O) groups excluding carboxylic acids is 3. The number of rotatable bonds is 5. The minimum absolute atomic E-state index is 0.0404. The number of nitrogens with zero attached hydrogens (tertiary/aromatic N) is 1. The summed E-state index contributed by atoms with van der Waals surface area (Å²) >= 11 is 1.01. The van der Waals surface area contributed by atoms with E-state index >= 15 is 0 Å². The number of carbonyl (C=O) groups is 3. The lowest BCUT2D eigenvalue weighted by Crippen LogP contribution is -2.39. The predicted molar refractivity (Wildman–Crippen MR) is 109 cm³/mol. The van der Waals surface area contributed by atoms with Crippen LogP contribution in [0.2, 0.25) is 0 Å². The minimum Gasteiger partial charge on any atom is -0.326 e. The second-order valence-electron chi connectivity index (χ2n) is 7.66. The largest absolute Gasteiger partial charge is 0.326 e. The molecule has 0 atom stereocenters. The number of thioether (sulfide) groups is 1. The zero-order valence-electron chi connectivity index (χ0n) is 15.9. The monoisotopic (exact) mass is 386 g/mol. The van der Waals surface area contributed by atoms with E-state index in [0.717, 1.165) is 35.9 Å². The van der Waals surface area contributed by atoms with Crippen LogP contribution in [-0.2, 0) is 9.59 Å². The third-order valence-corrected chi connectivity index (χ3v) is 6.19. The lowest BCUT2D eigenvalue weighted by atomic mass is 9.75. The van der Waals surface area contributed by atoms with E-state index in [1.807, 2.05) is 12.1 Å². The van der Waals surface area contributed by atoms with Crippen molar-refractivity contribution >= 4 is 40.6 Å². The Morgan fingerprint density at radius 3 is 2.48 bits per heavy atom. The van der Waals surface area contributed by atoms with Crippen molar-refractivity contribution in [3.05, 3.63) is 34.7 Å². The fourth-order valence-electron chi connectivity index (χ4n) is 3.64. The molecule has 0 bridgehead atoms. The average Bonchev–Trinajstić information content (AvgIpc) is 2.91. The van der Waals surface area contributed by atoms with Gasteiger partial charge in [0.05, 0.1) is 4.91 Å². The smallest absolute Gasteiger partial charge is 0.293 e. The molecular formula is C21H26N2O3S. The number of imide groups is 1. The first-order chi connectivity index (χ1) is 12.9. The summed E-state index contributed by atoms with van der Waals surface area (Å²) in [5.41, 5.74) is 1.59. The van der Waals surface area contributed by atoms with Crippen LogP contribution in [0.1, 0.15) is 57.9 Å². The second-order valence-corrected chi connectivity index (χ2v) is 8.66. The minimum atomic E-state index is -0.194. The lowest BCUT2D eigenvalue weighted by molar-refractivity contribution is -0.124. The Hall–Kier alpha value is -2.08. The molecule has 0 unspecified atom stereocenters. The number of hydrogen-bond acceptors (Lipinski definition) is 4. The van der Waals surface area contributed by atoms with Gasteiger partial charge < -0.3 is 5.32 Å². The Kier molecular flexibility index (Phi) is 6.05. The van der Waals surface area contributed by atoms with E-state index in [1.54, 1.807) is 25.1 Å². The van der Waals surface area contributed by atoms with Crippen molar-refractivity contribution in [3.63, 3.8) is 0 Å². The van der Waals surface area contributed by atoms with Crippen LogP contribution in [0.5, 0.6) is 0 Å². The molecule has 0 radical (unpaired) electrons. The van der Waals surface area contributed by atoms with Crippen LogP contribution in [0.15, 0.2) is 29.2 Å². The van der Waals surface area contributed by atoms with Gasteiger partial charge in [-0.3, -0.25) is 19.3 Å². The number of amides is 3. The molecule has 0 spiro atoms. The predicted octanol–water partition coefficient (Wildman–Crippen LogP) is 5.04. The number of anilines is 1. The molecule has 2 fully saturated rings. The first-order valence-electron chi connectivity index (χ1n) is 9.55. The van der Waals surface area contributed by atoms with E-state index < -0.39 is 0 Å². The third kappa shape index (κ3) is 4.80. The molecule has 1 saturated carbocycles. The Morgan fingerprint density at radius 1 is 1.19 bits per heavy atom. The average molecular weight is 387 g/mol. The first-order valence-corrected chi connectivity index (χ1v) is 10.4. The molecule has 27 heavy (non-hydrogen) atoms. The molecule has 3 amide bonds. The van der Waals surface area contributed by atoms with Gasteiger partial charge >= 0.3 is 0 Å². The van der Waals surface area contributed by atoms with Crippen molar-refractivity contribution in [3.8, 4) is 0 Å². The number of benzene rings is 1. The van der Waals surface area contributed by atoms with Crippen LogP contribution in [0, 0.1) is 5.41 Å². The summed E-state index contributed by atoms with van der Waals surface area (Å²) in [6.07, 6.45) is 7.89. The van der Waals surface area contributed by atoms with Gasteiger partial charge in [-0.2, -0.15) is 0 Å². The highest BCUT2D eigenvalue weighted by Gasteiger charge is 2.40. The SMILES string of the molecule is CCC(=O)Nc1ccc(/C=C2\SC(=O)N(CC3(C)CCCCC3)C2=O)cc1. The molecule has 0 aromatic heterocycles. The van der Waals surface area contributed by atoms with E-state index in [0.29, 0.717) is 17.9 Å². The fraction of sp³-hybridized carbons (Fsp3) is 0.476. The van der Waals surface area contributed by atoms with Gasteiger partial charge in [-0.25, -0.2) is 0 Å². The molecule has 5 nitrogen and oxygen atoms in total. The summed E-state index contributed by atoms with van der Waals surface area (Å²) in [7, 11) is 0. The van der Waals surface area contributed by atoms with Gasteiger partial charge in [0.25, 0.3) is 11.1 Å². The molecule has 1 aromatic carbocycles. The number of hydrogen-bond donors (Lipinski definition) is 1. The zero-order valence-corrected chi connectivity index (χ0v) is 16.7. The second kappa shape index (κ2) is 8.30. The van der Waals surface area contributed by atoms with Crippen LogP contribution in [0.4, 0.5) is 10.5 Å². The van der Waals surface area contributed by atoms with Gasteiger partial charge in [0, 0.05) is 18.7 Å². The van der Waals surface area contributed by atoms with Crippen LogP contribution in [0.25, 0.3) is 6.08 Å². The van der Waals surface area contributed by atoms with Crippen LogP contribution in [0.3, 0.4) is 0 Å². The van der Waals surface area contributed by atoms with Crippen molar-refractivity contribution in [2.75, 3.05) is 11.9 Å². The molecule has 1 aromatic rings. The van der Waals surface area contributed by atoms with Crippen LogP contribution >= 0.6 is 11.8 Å². The topological polar surface area (TPSA) is 66.5 Å². The highest BCUT2D eigenvalue weighted by atomic mass is 32.2. The molecule has 144 valence electrons. The van der Waals surface area contributed by atoms with E-state index in [2.05, 4.69) is 12.2 Å². The van der Waals surface area contributed by atoms with Crippen molar-refractivity contribution in [2.45, 2.75) is 52.4 Å². The molecule has 6 heteroatoms. The Bertz CT molecular complexity index is 764. The summed E-state index contributed by atoms with van der Waals surface area (Å²) in [6.45, 7) is 4.49. The number of nitrogens with one attached hydrogen (secondary N) is 1. The van der Waals surface area contributed by atoms with Gasteiger partial charge in [-0.1, -0.05) is 45.2 Å². The zero-order chi connectivity index (χ0) is 19.4. The van der Waals surface area contributed by atoms with Crippen molar-refractivity contribution < 1.29 is 14.4 Å². The lowest BCUT2D eigenvalue weighted by Gasteiger charge is -2.35. The summed E-state index contributed by atoms with van der Waals surface area (Å²) in [5, 5.41) is 2.61. The standard InChI is InChI=1S/C21H26N2O3S/c1-3-18(24)22-16-9-7-15(8-10-16)13-17-19(25)23(20(26)27-17)14-21(2)11-5-4-6-12-21/h7-10,13H,3-6,11-12,14H2,1-2H3,(H,22,24)/b17-13-. The van der Waals surface area contributed by atoms with Gasteiger partial charge in [-0.05, 0) is 53.8 Å². The van der Waals surface area contributed by atoms with E-state index in [9.17, 15) is 14.4 Å². The van der Waals surface area contributed by atoms with Crippen molar-refractivity contribution in [1.82, 2.24) is 4.90 Å². The summed E-state index contributed by atoms with van der Waals surface area (Å²) in [6, 6.07) is 7.27. The maximum Gasteiger partial charge on any atom is 0.293 e. The molecule has 1 N–H and O–H groups in total. The summed E-state index contributed by atoms with van der Waals surface area (Å²) < 4.78 is 0. The molecule has 1 heterocycles.